The van der Waals surface area contributed by atoms with E-state index in [1.807, 2.05) is 0 Å². The van der Waals surface area contributed by atoms with Gasteiger partial charge in [-0.1, -0.05) is 24.3 Å². The molecule has 3 rings (SSSR count). The first-order valence-electron chi connectivity index (χ1n) is 7.52. The third-order valence-corrected chi connectivity index (χ3v) is 3.84. The maximum absolute atomic E-state index is 12.8. The Hall–Kier alpha value is -3.02. The van der Waals surface area contributed by atoms with Crippen molar-refractivity contribution in [2.75, 3.05) is 6.54 Å². The highest BCUT2D eigenvalue weighted by Gasteiger charge is 2.34. The lowest BCUT2D eigenvalue weighted by molar-refractivity contribution is -0.121. The summed E-state index contributed by atoms with van der Waals surface area (Å²) in [5.74, 6) is -1.37. The van der Waals surface area contributed by atoms with Crippen LogP contribution in [0.2, 0.25) is 0 Å². The number of hydrogen-bond acceptors (Lipinski definition) is 3. The molecule has 2 aromatic rings. The Morgan fingerprint density at radius 3 is 2.12 bits per heavy atom. The highest BCUT2D eigenvalue weighted by atomic mass is 19.1. The van der Waals surface area contributed by atoms with E-state index in [-0.39, 0.29) is 43.0 Å². The largest absolute Gasteiger partial charge is 0.352 e. The number of carbonyl (C=O) groups is 3. The molecule has 1 heterocycles. The van der Waals surface area contributed by atoms with Gasteiger partial charge in [0.2, 0.25) is 5.91 Å². The minimum Gasteiger partial charge on any atom is -0.352 e. The molecule has 5 nitrogen and oxygen atoms in total. The van der Waals surface area contributed by atoms with Crippen molar-refractivity contribution < 1.29 is 18.8 Å². The Morgan fingerprint density at radius 2 is 1.54 bits per heavy atom. The third-order valence-electron chi connectivity index (χ3n) is 3.84. The van der Waals surface area contributed by atoms with Crippen molar-refractivity contribution in [2.45, 2.75) is 13.0 Å². The molecular formula is C18H15FN2O3. The molecule has 1 aliphatic rings. The van der Waals surface area contributed by atoms with E-state index < -0.39 is 0 Å². The number of halogens is 1. The molecule has 2 aromatic carbocycles. The number of nitrogens with zero attached hydrogens (tertiary/aromatic N) is 1. The molecule has 0 saturated heterocycles. The average molecular weight is 326 g/mol. The lowest BCUT2D eigenvalue weighted by Crippen LogP contribution is -2.34. The van der Waals surface area contributed by atoms with E-state index in [0.29, 0.717) is 11.1 Å². The fourth-order valence-electron chi connectivity index (χ4n) is 2.55. The van der Waals surface area contributed by atoms with Crippen LogP contribution in [0.25, 0.3) is 0 Å². The summed E-state index contributed by atoms with van der Waals surface area (Å²) in [6.45, 7) is 0.294. The van der Waals surface area contributed by atoms with Crippen LogP contribution in [0.3, 0.4) is 0 Å². The van der Waals surface area contributed by atoms with Gasteiger partial charge in [0.15, 0.2) is 0 Å². The number of carbonyl (C=O) groups excluding carboxylic acids is 3. The summed E-state index contributed by atoms with van der Waals surface area (Å²) in [4.78, 5) is 37.3. The SMILES string of the molecule is O=C(CCN1C(=O)c2ccccc2C1=O)NCc1ccc(F)cc1. The van der Waals surface area contributed by atoms with E-state index in [4.69, 9.17) is 0 Å². The molecule has 122 valence electrons. The third kappa shape index (κ3) is 3.17. The highest BCUT2D eigenvalue weighted by Crippen LogP contribution is 2.22. The molecular weight excluding hydrogens is 311 g/mol. The molecule has 6 heteroatoms. The Kier molecular flexibility index (Phi) is 4.37. The van der Waals surface area contributed by atoms with Crippen LogP contribution < -0.4 is 5.32 Å². The number of hydrogen-bond donors (Lipinski definition) is 1. The maximum atomic E-state index is 12.8. The fraction of sp³-hybridized carbons (Fsp3) is 0.167. The topological polar surface area (TPSA) is 66.5 Å². The minimum absolute atomic E-state index is 0.0205. The lowest BCUT2D eigenvalue weighted by Gasteiger charge is -2.13. The van der Waals surface area contributed by atoms with Crippen LogP contribution in [0, 0.1) is 5.82 Å². The zero-order valence-corrected chi connectivity index (χ0v) is 12.8. The number of rotatable bonds is 5. The minimum atomic E-state index is -0.373. The first-order valence-corrected chi connectivity index (χ1v) is 7.52. The fourth-order valence-corrected chi connectivity index (χ4v) is 2.55. The van der Waals surface area contributed by atoms with Crippen molar-refractivity contribution in [3.8, 4) is 0 Å². The van der Waals surface area contributed by atoms with Crippen LogP contribution in [0.15, 0.2) is 48.5 Å². The van der Waals surface area contributed by atoms with Gasteiger partial charge >= 0.3 is 0 Å². The molecule has 1 aliphatic heterocycles. The van der Waals surface area contributed by atoms with E-state index in [2.05, 4.69) is 5.32 Å². The second kappa shape index (κ2) is 6.62. The van der Waals surface area contributed by atoms with Crippen LogP contribution in [-0.4, -0.2) is 29.2 Å². The van der Waals surface area contributed by atoms with Crippen LogP contribution in [0.5, 0.6) is 0 Å². The van der Waals surface area contributed by atoms with Gasteiger partial charge in [-0.05, 0) is 29.8 Å². The second-order valence-corrected chi connectivity index (χ2v) is 5.46. The van der Waals surface area contributed by atoms with Gasteiger partial charge in [0.25, 0.3) is 11.8 Å². The van der Waals surface area contributed by atoms with Crippen LogP contribution in [0.1, 0.15) is 32.7 Å². The summed E-state index contributed by atoms with van der Waals surface area (Å²) in [6.07, 6.45) is 0.0205. The Labute approximate surface area is 138 Å². The van der Waals surface area contributed by atoms with Crippen molar-refractivity contribution in [1.82, 2.24) is 10.2 Å². The molecule has 0 unspecified atom stereocenters. The van der Waals surface area contributed by atoms with E-state index in [1.165, 1.54) is 12.1 Å². The van der Waals surface area contributed by atoms with E-state index in [0.717, 1.165) is 10.5 Å². The van der Waals surface area contributed by atoms with Gasteiger partial charge in [-0.3, -0.25) is 19.3 Å². The van der Waals surface area contributed by atoms with E-state index in [9.17, 15) is 18.8 Å². The standard InChI is InChI=1S/C18H15FN2O3/c19-13-7-5-12(6-8-13)11-20-16(22)9-10-21-17(23)14-3-1-2-4-15(14)18(21)24/h1-8H,9-11H2,(H,20,22). The van der Waals surface area contributed by atoms with Gasteiger partial charge in [0.05, 0.1) is 11.1 Å². The quantitative estimate of drug-likeness (QED) is 0.856. The van der Waals surface area contributed by atoms with Crippen molar-refractivity contribution in [2.24, 2.45) is 0 Å². The van der Waals surface area contributed by atoms with Crippen LogP contribution in [-0.2, 0) is 11.3 Å². The average Bonchev–Trinajstić information content (AvgIpc) is 2.84. The van der Waals surface area contributed by atoms with Crippen molar-refractivity contribution in [3.63, 3.8) is 0 Å². The highest BCUT2D eigenvalue weighted by molar-refractivity contribution is 6.21. The maximum Gasteiger partial charge on any atom is 0.261 e. The zero-order valence-electron chi connectivity index (χ0n) is 12.8. The molecule has 0 aliphatic carbocycles. The predicted molar refractivity (Wildman–Crippen MR) is 84.7 cm³/mol. The number of fused-ring (bicyclic) bond motifs is 1. The molecule has 0 bridgehead atoms. The van der Waals surface area contributed by atoms with Crippen molar-refractivity contribution in [3.05, 3.63) is 71.0 Å². The smallest absolute Gasteiger partial charge is 0.261 e. The van der Waals surface area contributed by atoms with Gasteiger partial charge in [0.1, 0.15) is 5.82 Å². The van der Waals surface area contributed by atoms with Gasteiger partial charge in [0, 0.05) is 19.5 Å². The van der Waals surface area contributed by atoms with Crippen molar-refractivity contribution in [1.29, 1.82) is 0 Å². The number of nitrogens with one attached hydrogen (secondary N) is 1. The molecule has 24 heavy (non-hydrogen) atoms. The number of benzene rings is 2. The van der Waals surface area contributed by atoms with Gasteiger partial charge < -0.3 is 5.32 Å². The lowest BCUT2D eigenvalue weighted by atomic mass is 10.1. The molecule has 0 atom stereocenters. The van der Waals surface area contributed by atoms with Crippen molar-refractivity contribution >= 4 is 17.7 Å². The Bertz CT molecular complexity index is 767. The summed E-state index contributed by atoms with van der Waals surface area (Å²) in [7, 11) is 0. The molecule has 0 saturated carbocycles. The molecule has 0 spiro atoms. The molecule has 1 N–H and O–H groups in total. The normalized spacial score (nSPS) is 13.1. The number of amides is 3. The number of imide groups is 1. The summed E-state index contributed by atoms with van der Waals surface area (Å²) < 4.78 is 12.8. The van der Waals surface area contributed by atoms with Crippen LogP contribution >= 0.6 is 0 Å². The molecule has 0 fully saturated rings. The summed E-state index contributed by atoms with van der Waals surface area (Å²) in [5.41, 5.74) is 1.51. The first kappa shape index (κ1) is 15.9. The predicted octanol–water partition coefficient (Wildman–Crippen LogP) is 2.13. The molecule has 3 amide bonds. The van der Waals surface area contributed by atoms with E-state index >= 15 is 0 Å². The van der Waals surface area contributed by atoms with Gasteiger partial charge in [-0.15, -0.1) is 0 Å². The van der Waals surface area contributed by atoms with Gasteiger partial charge in [-0.2, -0.15) is 0 Å². The second-order valence-electron chi connectivity index (χ2n) is 5.46. The van der Waals surface area contributed by atoms with Crippen LogP contribution in [0.4, 0.5) is 4.39 Å². The monoisotopic (exact) mass is 326 g/mol. The van der Waals surface area contributed by atoms with E-state index in [1.54, 1.807) is 36.4 Å². The summed E-state index contributed by atoms with van der Waals surface area (Å²) in [6, 6.07) is 12.4. The zero-order chi connectivity index (χ0) is 17.1. The Balaban J connectivity index is 1.53. The molecule has 0 radical (unpaired) electrons. The summed E-state index contributed by atoms with van der Waals surface area (Å²) in [5, 5.41) is 2.68. The first-order chi connectivity index (χ1) is 11.6. The molecule has 0 aromatic heterocycles. The summed E-state index contributed by atoms with van der Waals surface area (Å²) >= 11 is 0. The van der Waals surface area contributed by atoms with Gasteiger partial charge in [-0.25, -0.2) is 4.39 Å². The Morgan fingerprint density at radius 1 is 0.958 bits per heavy atom.